The van der Waals surface area contributed by atoms with Crippen LogP contribution in [0.25, 0.3) is 5.65 Å². The summed E-state index contributed by atoms with van der Waals surface area (Å²) in [6.45, 7) is 2.80. The second-order valence-electron chi connectivity index (χ2n) is 6.85. The molecule has 8 heteroatoms. The first-order valence-corrected chi connectivity index (χ1v) is 8.95. The lowest BCUT2D eigenvalue weighted by atomic mass is 10.2. The Morgan fingerprint density at radius 1 is 1.37 bits per heavy atom. The van der Waals surface area contributed by atoms with Crippen molar-refractivity contribution >= 4 is 28.9 Å². The van der Waals surface area contributed by atoms with Crippen molar-refractivity contribution in [2.75, 3.05) is 24.3 Å². The Balaban J connectivity index is 1.75. The predicted octanol–water partition coefficient (Wildman–Crippen LogP) is 2.13. The lowest BCUT2D eigenvalue weighted by Crippen LogP contribution is -2.31. The molecular formula is C19H23N6O2+. The average Bonchev–Trinajstić information content (AvgIpc) is 3.40. The number of nitrogens with zero attached hydrogens (tertiary/aromatic N) is 2. The standard InChI is InChI=1S/C19H22N6O2/c1-11-9-15(21-10-12-3-4-12)25-19(22-11)16(17(20)26)18(24-25)23-13-5-7-14(27-2)8-6-13/h5-9,12H,3-4,10H2,1-2H3,(H4,20,21,22,23,24,26)/p+1. The van der Waals surface area contributed by atoms with Crippen molar-refractivity contribution < 1.29 is 14.0 Å². The van der Waals surface area contributed by atoms with Gasteiger partial charge in [0.05, 0.1) is 19.7 Å². The number of aryl methyl sites for hydroxylation is 1. The zero-order valence-electron chi connectivity index (χ0n) is 15.4. The molecule has 1 aromatic carbocycles. The molecular weight excluding hydrogens is 344 g/mol. The third kappa shape index (κ3) is 3.51. The summed E-state index contributed by atoms with van der Waals surface area (Å²) in [6.07, 6.45) is 2.51. The third-order valence-electron chi connectivity index (χ3n) is 4.65. The molecule has 3 aromatic rings. The van der Waals surface area contributed by atoms with E-state index in [1.54, 1.807) is 11.6 Å². The van der Waals surface area contributed by atoms with E-state index in [0.29, 0.717) is 17.0 Å². The maximum absolute atomic E-state index is 12.2. The Labute approximate surface area is 156 Å². The molecule has 2 heterocycles. The van der Waals surface area contributed by atoms with Gasteiger partial charge in [0.2, 0.25) is 5.82 Å². The average molecular weight is 367 g/mol. The van der Waals surface area contributed by atoms with Crippen molar-refractivity contribution in [2.45, 2.75) is 19.8 Å². The van der Waals surface area contributed by atoms with Crippen molar-refractivity contribution in [3.05, 3.63) is 41.6 Å². The number of aromatic amines is 1. The highest BCUT2D eigenvalue weighted by atomic mass is 16.5. The minimum Gasteiger partial charge on any atom is -0.497 e. The van der Waals surface area contributed by atoms with Crippen molar-refractivity contribution in [1.82, 2.24) is 10.1 Å². The molecule has 0 unspecified atom stereocenters. The van der Waals surface area contributed by atoms with Gasteiger partial charge >= 0.3 is 5.65 Å². The topological polar surface area (TPSA) is 109 Å². The third-order valence-corrected chi connectivity index (χ3v) is 4.65. The molecule has 1 aliphatic rings. The number of nitrogens with two attached hydrogens (primary N) is 1. The van der Waals surface area contributed by atoms with E-state index in [1.807, 2.05) is 37.3 Å². The monoisotopic (exact) mass is 367 g/mol. The molecule has 27 heavy (non-hydrogen) atoms. The maximum atomic E-state index is 12.2. The van der Waals surface area contributed by atoms with Crippen molar-refractivity contribution in [3.8, 4) is 5.75 Å². The number of hydrogen-bond acceptors (Lipinski definition) is 5. The number of H-pyrrole nitrogens is 1. The van der Waals surface area contributed by atoms with E-state index >= 15 is 0 Å². The molecule has 5 N–H and O–H groups in total. The number of amides is 1. The summed E-state index contributed by atoms with van der Waals surface area (Å²) in [6, 6.07) is 9.36. The summed E-state index contributed by atoms with van der Waals surface area (Å²) >= 11 is 0. The number of primary amides is 1. The number of carbonyl (C=O) groups excluding carboxylic acids is 1. The Kier molecular flexibility index (Phi) is 4.31. The van der Waals surface area contributed by atoms with Gasteiger partial charge in [0.1, 0.15) is 11.4 Å². The molecule has 0 bridgehead atoms. The zero-order valence-corrected chi connectivity index (χ0v) is 15.4. The van der Waals surface area contributed by atoms with Crippen molar-refractivity contribution in [2.24, 2.45) is 11.7 Å². The second kappa shape index (κ2) is 6.79. The minimum atomic E-state index is -0.545. The van der Waals surface area contributed by atoms with Crippen LogP contribution >= 0.6 is 0 Å². The van der Waals surface area contributed by atoms with E-state index in [1.165, 1.54) is 12.8 Å². The molecule has 0 atom stereocenters. The van der Waals surface area contributed by atoms with Gasteiger partial charge in [-0.15, -0.1) is 9.50 Å². The van der Waals surface area contributed by atoms with E-state index < -0.39 is 5.91 Å². The SMILES string of the molecule is COc1ccc(Nc2[nH][n+]3c(NCC4CC4)cc(C)nc3c2C(N)=O)cc1. The number of fused-ring (bicyclic) bond motifs is 1. The molecule has 4 rings (SSSR count). The highest BCUT2D eigenvalue weighted by molar-refractivity contribution is 6.03. The first kappa shape index (κ1) is 17.1. The summed E-state index contributed by atoms with van der Waals surface area (Å²) in [5.41, 5.74) is 8.10. The van der Waals surface area contributed by atoms with Crippen LogP contribution in [-0.2, 0) is 0 Å². The Bertz CT molecular complexity index is 992. The van der Waals surface area contributed by atoms with Crippen LogP contribution in [0, 0.1) is 12.8 Å². The Hall–Kier alpha value is -3.29. The number of aromatic nitrogens is 3. The van der Waals surface area contributed by atoms with Crippen LogP contribution in [0.5, 0.6) is 5.75 Å². The molecule has 8 nitrogen and oxygen atoms in total. The first-order valence-electron chi connectivity index (χ1n) is 8.95. The van der Waals surface area contributed by atoms with E-state index in [0.717, 1.165) is 35.4 Å². The fourth-order valence-electron chi connectivity index (χ4n) is 3.03. The van der Waals surface area contributed by atoms with Gasteiger partial charge in [-0.25, -0.2) is 5.10 Å². The van der Waals surface area contributed by atoms with E-state index in [9.17, 15) is 4.79 Å². The smallest absolute Gasteiger partial charge is 0.301 e. The number of ether oxygens (including phenoxy) is 1. The zero-order chi connectivity index (χ0) is 19.0. The maximum Gasteiger partial charge on any atom is 0.301 e. The van der Waals surface area contributed by atoms with Crippen LogP contribution in [0.15, 0.2) is 30.3 Å². The van der Waals surface area contributed by atoms with Gasteiger partial charge in [-0.1, -0.05) is 0 Å². The van der Waals surface area contributed by atoms with E-state index in [-0.39, 0.29) is 0 Å². The largest absolute Gasteiger partial charge is 0.497 e. The van der Waals surface area contributed by atoms with Crippen LogP contribution < -0.4 is 25.6 Å². The summed E-state index contributed by atoms with van der Waals surface area (Å²) in [5.74, 6) is 2.29. The van der Waals surface area contributed by atoms with Gasteiger partial charge in [0.25, 0.3) is 5.91 Å². The molecule has 0 spiro atoms. The number of nitrogens with one attached hydrogen (secondary N) is 3. The molecule has 0 aliphatic heterocycles. The highest BCUT2D eigenvalue weighted by Gasteiger charge is 2.27. The van der Waals surface area contributed by atoms with Crippen LogP contribution in [0.3, 0.4) is 0 Å². The predicted molar refractivity (Wildman–Crippen MR) is 102 cm³/mol. The first-order chi connectivity index (χ1) is 13.0. The molecule has 1 fully saturated rings. The molecule has 1 aliphatic carbocycles. The Morgan fingerprint density at radius 3 is 2.74 bits per heavy atom. The number of rotatable bonds is 7. The van der Waals surface area contributed by atoms with E-state index in [2.05, 4.69) is 20.7 Å². The summed E-state index contributed by atoms with van der Waals surface area (Å²) in [4.78, 5) is 16.7. The minimum absolute atomic E-state index is 0.323. The van der Waals surface area contributed by atoms with Gasteiger partial charge in [0.15, 0.2) is 11.4 Å². The molecule has 140 valence electrons. The fourth-order valence-corrected chi connectivity index (χ4v) is 3.03. The van der Waals surface area contributed by atoms with Crippen LogP contribution in [0.4, 0.5) is 17.3 Å². The van der Waals surface area contributed by atoms with Gasteiger partial charge < -0.3 is 21.1 Å². The Morgan fingerprint density at radius 2 is 2.11 bits per heavy atom. The van der Waals surface area contributed by atoms with Gasteiger partial charge in [0, 0.05) is 5.69 Å². The molecule has 0 saturated heterocycles. The number of benzene rings is 1. The van der Waals surface area contributed by atoms with Crippen molar-refractivity contribution in [3.63, 3.8) is 0 Å². The van der Waals surface area contributed by atoms with Crippen LogP contribution in [0.2, 0.25) is 0 Å². The van der Waals surface area contributed by atoms with Crippen molar-refractivity contribution in [1.29, 1.82) is 0 Å². The highest BCUT2D eigenvalue weighted by Crippen LogP contribution is 2.29. The van der Waals surface area contributed by atoms with Crippen LogP contribution in [0.1, 0.15) is 28.9 Å². The van der Waals surface area contributed by atoms with Gasteiger partial charge in [-0.05, 0) is 49.9 Å². The van der Waals surface area contributed by atoms with Gasteiger partial charge in [-0.3, -0.25) is 4.79 Å². The quantitative estimate of drug-likeness (QED) is 0.478. The molecule has 0 radical (unpaired) electrons. The number of hydrogen-bond donors (Lipinski definition) is 4. The molecule has 1 amide bonds. The number of anilines is 3. The molecule has 2 aromatic heterocycles. The summed E-state index contributed by atoms with van der Waals surface area (Å²) in [7, 11) is 1.62. The van der Waals surface area contributed by atoms with E-state index in [4.69, 9.17) is 10.5 Å². The van der Waals surface area contributed by atoms with Crippen LogP contribution in [-0.4, -0.2) is 29.6 Å². The number of carbonyl (C=O) groups is 1. The number of methoxy groups -OCH3 is 1. The second-order valence-corrected chi connectivity index (χ2v) is 6.85. The lowest BCUT2D eigenvalue weighted by Gasteiger charge is -2.05. The van der Waals surface area contributed by atoms with Gasteiger partial charge in [-0.2, -0.15) is 0 Å². The lowest BCUT2D eigenvalue weighted by molar-refractivity contribution is -0.563. The summed E-state index contributed by atoms with van der Waals surface area (Å²) in [5, 5.41) is 9.87. The summed E-state index contributed by atoms with van der Waals surface area (Å²) < 4.78 is 6.94. The molecule has 1 saturated carbocycles. The fraction of sp³-hybridized carbons (Fsp3) is 0.316. The normalized spacial score (nSPS) is 13.6.